The topological polar surface area (TPSA) is 50.5 Å². The molecule has 1 N–H and O–H groups in total. The summed E-state index contributed by atoms with van der Waals surface area (Å²) in [6.45, 7) is 0. The van der Waals surface area contributed by atoms with Crippen molar-refractivity contribution >= 4 is 17.3 Å². The van der Waals surface area contributed by atoms with Gasteiger partial charge in [0.05, 0.1) is 5.22 Å². The predicted molar refractivity (Wildman–Crippen MR) is 47.1 cm³/mol. The van der Waals surface area contributed by atoms with Gasteiger partial charge in [-0.2, -0.15) is 4.86 Å². The maximum absolute atomic E-state index is 10.3. The first-order chi connectivity index (χ1) is 5.68. The number of hydrogen-bond donors (Lipinski definition) is 1. The molecule has 0 aliphatic rings. The van der Waals surface area contributed by atoms with E-state index in [1.54, 1.807) is 24.3 Å². The minimum atomic E-state index is 0.439. The molecule has 0 spiro atoms. The zero-order valence-corrected chi connectivity index (χ0v) is 7.25. The standard InChI is InChI=1S/C7H8ClN3O/c1-11(12)10-9-7-4-2-6(8)3-5-7/h2-5,9H,1H3/b11-10+. The van der Waals surface area contributed by atoms with Gasteiger partial charge < -0.3 is 5.21 Å². The lowest BCUT2D eigenvalue weighted by Gasteiger charge is -1.97. The van der Waals surface area contributed by atoms with E-state index in [1.807, 2.05) is 0 Å². The van der Waals surface area contributed by atoms with Gasteiger partial charge in [-0.3, -0.25) is 0 Å². The molecule has 64 valence electrons. The van der Waals surface area contributed by atoms with Gasteiger partial charge in [-0.1, -0.05) is 11.6 Å². The highest BCUT2D eigenvalue weighted by Gasteiger charge is 1.93. The number of halogens is 1. The third kappa shape index (κ3) is 2.75. The van der Waals surface area contributed by atoms with Gasteiger partial charge in [0.2, 0.25) is 0 Å². The zero-order valence-electron chi connectivity index (χ0n) is 6.49. The summed E-state index contributed by atoms with van der Waals surface area (Å²) >= 11 is 5.64. The Hall–Kier alpha value is -1.29. The van der Waals surface area contributed by atoms with Crippen molar-refractivity contribution in [3.05, 3.63) is 34.5 Å². The normalized spacial score (nSPS) is 11.3. The first kappa shape index (κ1) is 8.80. The van der Waals surface area contributed by atoms with E-state index >= 15 is 0 Å². The van der Waals surface area contributed by atoms with Gasteiger partial charge in [0.25, 0.3) is 0 Å². The van der Waals surface area contributed by atoms with Gasteiger partial charge in [0, 0.05) is 5.02 Å². The Bertz CT molecular complexity index is 279. The van der Waals surface area contributed by atoms with Crippen LogP contribution in [0.15, 0.2) is 29.5 Å². The van der Waals surface area contributed by atoms with Crippen LogP contribution in [-0.2, 0) is 0 Å². The monoisotopic (exact) mass is 185 g/mol. The summed E-state index contributed by atoms with van der Waals surface area (Å²) in [5, 5.41) is 14.4. The van der Waals surface area contributed by atoms with Gasteiger partial charge >= 0.3 is 0 Å². The van der Waals surface area contributed by atoms with E-state index < -0.39 is 0 Å². The van der Waals surface area contributed by atoms with E-state index in [1.165, 1.54) is 7.05 Å². The number of hydroxylamine groups is 1. The number of anilines is 1. The molecule has 1 aromatic carbocycles. The molecule has 0 amide bonds. The largest absolute Gasteiger partial charge is 0.696 e. The lowest BCUT2D eigenvalue weighted by atomic mass is 10.3. The van der Waals surface area contributed by atoms with Crippen LogP contribution < -0.4 is 5.43 Å². The summed E-state index contributed by atoms with van der Waals surface area (Å²) in [6, 6.07) is 6.89. The van der Waals surface area contributed by atoms with Crippen LogP contribution >= 0.6 is 11.6 Å². The molecular formula is C7H8ClN3O. The average Bonchev–Trinajstić information content (AvgIpc) is 2.03. The Kier molecular flexibility index (Phi) is 2.88. The van der Waals surface area contributed by atoms with Crippen LogP contribution in [0.3, 0.4) is 0 Å². The number of nitrogens with zero attached hydrogens (tertiary/aromatic N) is 2. The molecule has 1 rings (SSSR count). The molecule has 0 atom stereocenters. The maximum atomic E-state index is 10.3. The Labute approximate surface area is 75.0 Å². The Morgan fingerprint density at radius 3 is 2.50 bits per heavy atom. The molecule has 0 aliphatic carbocycles. The third-order valence-corrected chi connectivity index (χ3v) is 1.42. The van der Waals surface area contributed by atoms with Gasteiger partial charge in [-0.25, -0.2) is 0 Å². The molecule has 0 fully saturated rings. The SMILES string of the molecule is C/[N+]([O-])=N\Nc1ccc(Cl)cc1. The molecule has 0 unspecified atom stereocenters. The van der Waals surface area contributed by atoms with Crippen LogP contribution in [0.25, 0.3) is 0 Å². The van der Waals surface area contributed by atoms with E-state index in [-0.39, 0.29) is 0 Å². The van der Waals surface area contributed by atoms with Crippen molar-refractivity contribution in [2.24, 2.45) is 5.22 Å². The molecule has 0 radical (unpaired) electrons. The first-order valence-corrected chi connectivity index (χ1v) is 3.69. The highest BCUT2D eigenvalue weighted by atomic mass is 35.5. The van der Waals surface area contributed by atoms with Crippen molar-refractivity contribution < 1.29 is 4.86 Å². The Morgan fingerprint density at radius 1 is 1.42 bits per heavy atom. The molecule has 0 aliphatic heterocycles. The molecule has 4 nitrogen and oxygen atoms in total. The molecule has 0 saturated carbocycles. The quantitative estimate of drug-likeness (QED) is 0.437. The smallest absolute Gasteiger partial charge is 0.146 e. The fourth-order valence-electron chi connectivity index (χ4n) is 0.653. The Morgan fingerprint density at radius 2 is 2.00 bits per heavy atom. The van der Waals surface area contributed by atoms with Crippen LogP contribution in [0.4, 0.5) is 5.69 Å². The van der Waals surface area contributed by atoms with E-state index in [4.69, 9.17) is 11.6 Å². The molecule has 12 heavy (non-hydrogen) atoms. The third-order valence-electron chi connectivity index (χ3n) is 1.16. The van der Waals surface area contributed by atoms with Crippen LogP contribution in [0.1, 0.15) is 0 Å². The maximum Gasteiger partial charge on any atom is 0.146 e. The van der Waals surface area contributed by atoms with Crippen molar-refractivity contribution in [3.63, 3.8) is 0 Å². The molecule has 1 aromatic rings. The molecule has 5 heteroatoms. The summed E-state index contributed by atoms with van der Waals surface area (Å²) < 4.78 is 0. The van der Waals surface area contributed by atoms with Gasteiger partial charge in [0.15, 0.2) is 0 Å². The second kappa shape index (κ2) is 3.92. The minimum Gasteiger partial charge on any atom is -0.696 e. The van der Waals surface area contributed by atoms with E-state index in [2.05, 4.69) is 10.6 Å². The molecule has 0 aromatic heterocycles. The fourth-order valence-corrected chi connectivity index (χ4v) is 0.779. The second-order valence-corrected chi connectivity index (χ2v) is 2.62. The summed E-state index contributed by atoms with van der Waals surface area (Å²) in [6.07, 6.45) is 0. The summed E-state index contributed by atoms with van der Waals surface area (Å²) in [5.41, 5.74) is 3.28. The molecule has 0 bridgehead atoms. The zero-order chi connectivity index (χ0) is 8.97. The van der Waals surface area contributed by atoms with Crippen molar-refractivity contribution in [1.82, 2.24) is 0 Å². The molecule has 0 heterocycles. The number of rotatable bonds is 2. The fraction of sp³-hybridized carbons (Fsp3) is 0.143. The molecule has 0 saturated heterocycles. The lowest BCUT2D eigenvalue weighted by molar-refractivity contribution is -0.497. The van der Waals surface area contributed by atoms with Gasteiger partial charge in [0.1, 0.15) is 12.7 Å². The van der Waals surface area contributed by atoms with Gasteiger partial charge in [-0.15, -0.1) is 5.43 Å². The first-order valence-electron chi connectivity index (χ1n) is 3.31. The summed E-state index contributed by atoms with van der Waals surface area (Å²) in [5.74, 6) is 0. The Balaban J connectivity index is 2.65. The number of benzene rings is 1. The van der Waals surface area contributed by atoms with Crippen molar-refractivity contribution in [2.45, 2.75) is 0 Å². The molecular weight excluding hydrogens is 178 g/mol. The highest BCUT2D eigenvalue weighted by molar-refractivity contribution is 6.30. The second-order valence-electron chi connectivity index (χ2n) is 2.18. The van der Waals surface area contributed by atoms with E-state index in [0.29, 0.717) is 9.88 Å². The minimum absolute atomic E-state index is 0.439. The predicted octanol–water partition coefficient (Wildman–Crippen LogP) is 2.26. The van der Waals surface area contributed by atoms with Crippen molar-refractivity contribution in [2.75, 3.05) is 12.5 Å². The summed E-state index contributed by atoms with van der Waals surface area (Å²) in [4.78, 5) is 0.439. The van der Waals surface area contributed by atoms with Gasteiger partial charge in [-0.05, 0) is 24.3 Å². The van der Waals surface area contributed by atoms with Crippen LogP contribution in [0.2, 0.25) is 5.02 Å². The summed E-state index contributed by atoms with van der Waals surface area (Å²) in [7, 11) is 1.29. The van der Waals surface area contributed by atoms with Crippen molar-refractivity contribution in [1.29, 1.82) is 0 Å². The van der Waals surface area contributed by atoms with Crippen LogP contribution in [0, 0.1) is 5.21 Å². The number of hydrogen-bond acceptors (Lipinski definition) is 2. The van der Waals surface area contributed by atoms with Crippen LogP contribution in [-0.4, -0.2) is 11.9 Å². The lowest BCUT2D eigenvalue weighted by Crippen LogP contribution is -1.96. The average molecular weight is 186 g/mol. The van der Waals surface area contributed by atoms with E-state index in [9.17, 15) is 5.21 Å². The van der Waals surface area contributed by atoms with Crippen molar-refractivity contribution in [3.8, 4) is 0 Å². The highest BCUT2D eigenvalue weighted by Crippen LogP contribution is 2.12. The van der Waals surface area contributed by atoms with Crippen LogP contribution in [0.5, 0.6) is 0 Å². The number of nitrogens with one attached hydrogen (secondary N) is 1. The van der Waals surface area contributed by atoms with E-state index in [0.717, 1.165) is 5.69 Å².